The predicted molar refractivity (Wildman–Crippen MR) is 0 cm³/mol. The molecule has 0 saturated carbocycles. The fourth-order valence-corrected chi connectivity index (χ4v) is 0. The molecule has 127 radical (unpaired) electrons. The molecule has 0 nitrogen and oxygen atoms in total. The Labute approximate surface area is 4690 Å². The van der Waals surface area contributed by atoms with Gasteiger partial charge >= 0.3 is 0 Å². The summed E-state index contributed by atoms with van der Waals surface area (Å²) in [4.78, 5) is 0. The Morgan fingerprint density at radius 2 is 0.00787 bits per heavy atom. The molecule has 0 rings (SSSR count). The summed E-state index contributed by atoms with van der Waals surface area (Å²) in [5, 5.41) is 0. The van der Waals surface area contributed by atoms with Crippen LogP contribution in [0.15, 0.2) is 0 Å². The second-order valence-electron chi connectivity index (χ2n) is 0. The molecule has 0 spiro atoms. The fraction of sp³-hybridized carbons (Fsp3) is 0. The molecule has 0 amide bonds. The van der Waals surface area contributed by atoms with Gasteiger partial charge in [0.05, 0.1) is 0 Å². The van der Waals surface area contributed by atoms with Crippen molar-refractivity contribution in [3.63, 3.8) is 0 Å². The molecule has 1143 valence electrons. The first kappa shape index (κ1) is 911. The molecule has 0 aliphatic heterocycles. The molecule has 0 unspecified atom stereocenters. The number of hydrogen-bond acceptors (Lipinski definition) is 0. The van der Waals surface area contributed by atoms with Crippen LogP contribution in [0.2, 0.25) is 0 Å². The van der Waals surface area contributed by atoms with E-state index in [0.717, 1.165) is 0 Å². The molecule has 0 saturated heterocycles. The molecule has 127 heavy (non-hydrogen) atoms. The van der Waals surface area contributed by atoms with E-state index < -0.39 is 0 Å². The third kappa shape index (κ3) is 895. The molecule has 0 aromatic carbocycles. The predicted octanol–water partition coefficient (Wildman–Crippen LogP) is 0. The van der Waals surface area contributed by atoms with Crippen molar-refractivity contribution in [2.24, 2.45) is 0 Å². The normalized spacial score (nSPS) is 0. The van der Waals surface area contributed by atoms with Gasteiger partial charge in [-0.1, -0.05) is 0 Å². The van der Waals surface area contributed by atoms with E-state index in [9.17, 15) is 0 Å². The summed E-state index contributed by atoms with van der Waals surface area (Å²) in [5.74, 6) is 0. The maximum atomic E-state index is 0. The first-order valence-corrected chi connectivity index (χ1v) is 0. The summed E-state index contributed by atoms with van der Waals surface area (Å²) >= 11 is 0. The molecule has 0 aromatic heterocycles. The minimum Gasteiger partial charge on any atom is 0 e. The molecular weight excluding hydrogens is 20200 g/mol. The van der Waals surface area contributed by atoms with Crippen molar-refractivity contribution in [2.45, 2.75) is 0 Å². The largest absolute Gasteiger partial charge is 0 e. The van der Waals surface area contributed by atoms with Gasteiger partial charge < -0.3 is 0 Å². The van der Waals surface area contributed by atoms with E-state index in [4.69, 9.17) is 0 Å². The summed E-state index contributed by atoms with van der Waals surface area (Å²) < 4.78 is 0. The Morgan fingerprint density at radius 1 is 0.00787 bits per heavy atom. The van der Waals surface area contributed by atoms with Crippen molar-refractivity contribution >= 4 is 0 Å². The standard InChI is InChI=1S/127Tb. The second-order valence-corrected chi connectivity index (χ2v) is 0. The first-order valence-electron chi connectivity index (χ1n) is 0. The van der Waals surface area contributed by atoms with Gasteiger partial charge in [-0.25, -0.2) is 0 Å². The monoisotopic (exact) mass is 20200 g/mol. The van der Waals surface area contributed by atoms with E-state index in [0.29, 0.717) is 0 Å². The molecule has 127 heteroatoms. The Bertz CT molecular complexity index is 0. The smallest absolute Gasteiger partial charge is 0 e. The van der Waals surface area contributed by atoms with Gasteiger partial charge in [0.2, 0.25) is 0 Å². The average molecular weight is 20200 g/mol. The molecule has 0 N–H and O–H groups in total. The molecule has 0 aliphatic carbocycles. The van der Waals surface area contributed by atoms with Crippen LogP contribution >= 0.6 is 0 Å². The van der Waals surface area contributed by atoms with Crippen molar-refractivity contribution in [3.05, 3.63) is 0 Å². The number of hydrogen-bond donors (Lipinski definition) is 0. The van der Waals surface area contributed by atoms with Crippen molar-refractivity contribution in [2.75, 3.05) is 0 Å². The first-order chi connectivity index (χ1) is 0. The Morgan fingerprint density at radius 3 is 0.00787 bits per heavy atom. The minimum absolute atomic E-state index is 0. The van der Waals surface area contributed by atoms with Crippen LogP contribution in [0.4, 0.5) is 0 Å². The molecule has 0 heterocycles. The van der Waals surface area contributed by atoms with Crippen LogP contribution in [0, 0.1) is 4900 Å². The van der Waals surface area contributed by atoms with E-state index in [2.05, 4.69) is 0 Å². The van der Waals surface area contributed by atoms with Gasteiger partial charge in [-0.2, -0.15) is 0 Å². The van der Waals surface area contributed by atoms with Crippen LogP contribution in [-0.4, -0.2) is 0 Å². The summed E-state index contributed by atoms with van der Waals surface area (Å²) in [6.45, 7) is 0. The van der Waals surface area contributed by atoms with Crippen molar-refractivity contribution < 1.29 is 4900 Å². The van der Waals surface area contributed by atoms with Crippen LogP contribution in [0.25, 0.3) is 0 Å². The van der Waals surface area contributed by atoms with E-state index in [1.54, 1.807) is 0 Å². The third-order valence-electron chi connectivity index (χ3n) is 0. The molecule has 0 bridgehead atoms. The maximum absolute atomic E-state index is 0. The summed E-state index contributed by atoms with van der Waals surface area (Å²) in [5.41, 5.74) is 0. The number of rotatable bonds is 0. The van der Waals surface area contributed by atoms with E-state index >= 15 is 0 Å². The zero-order chi connectivity index (χ0) is 0. The maximum Gasteiger partial charge on any atom is 0 e. The zero-order valence-electron chi connectivity index (χ0n) is 42.3. The van der Waals surface area contributed by atoms with Crippen LogP contribution in [0.5, 0.6) is 0 Å². The summed E-state index contributed by atoms with van der Waals surface area (Å²) in [6.07, 6.45) is 0. The fourth-order valence-electron chi connectivity index (χ4n) is 0. The molecule has 0 atom stereocenters. The van der Waals surface area contributed by atoms with Gasteiger partial charge in [0.25, 0.3) is 0 Å². The van der Waals surface area contributed by atoms with E-state index in [1.165, 1.54) is 0 Å². The zero-order valence-corrected chi connectivity index (χ0v) is 314. The quantitative estimate of drug-likeness (QED) is 0.321. The molecule has 0 fully saturated rings. The van der Waals surface area contributed by atoms with Crippen LogP contribution in [0.3, 0.4) is 0 Å². The van der Waals surface area contributed by atoms with E-state index in [1.807, 2.05) is 0 Å². The minimum atomic E-state index is 0. The van der Waals surface area contributed by atoms with Gasteiger partial charge in [-0.15, -0.1) is 0 Å². The van der Waals surface area contributed by atoms with Gasteiger partial charge in [0.1, 0.15) is 0 Å². The van der Waals surface area contributed by atoms with Crippen molar-refractivity contribution in [1.29, 1.82) is 0 Å². The topological polar surface area (TPSA) is 0 Å². The van der Waals surface area contributed by atoms with Gasteiger partial charge in [-0.05, 0) is 0 Å². The molecule has 0 aliphatic rings. The summed E-state index contributed by atoms with van der Waals surface area (Å²) in [6, 6.07) is 0. The molecular formula is Tb127. The second kappa shape index (κ2) is 902. The van der Waals surface area contributed by atoms with Crippen LogP contribution in [-0.2, 0) is 0 Å². The molecule has 0 aromatic rings. The van der Waals surface area contributed by atoms with Crippen LogP contribution in [0.1, 0.15) is 0 Å². The SMILES string of the molecule is [Tb].[Tb].[Tb].[Tb].[Tb].[Tb].[Tb].[Tb].[Tb].[Tb].[Tb].[Tb].[Tb].[Tb].[Tb].[Tb].[Tb].[Tb].[Tb].[Tb].[Tb].[Tb].[Tb].[Tb].[Tb].[Tb].[Tb].[Tb].[Tb].[Tb].[Tb].[Tb].[Tb].[Tb].[Tb].[Tb].[Tb].[Tb].[Tb].[Tb].[Tb].[Tb].[Tb].[Tb].[Tb].[Tb].[Tb].[Tb].[Tb].[Tb].[Tb].[Tb].[Tb].[Tb].[Tb].[Tb].[Tb].[Tb].[Tb].[Tb].[Tb].[Tb].[Tb].[Tb].[Tb].[Tb].[Tb].[Tb].[Tb].[Tb].[Tb].[Tb].[Tb].[Tb].[Tb].[Tb].[Tb].[Tb].[Tb].[Tb].[Tb].[Tb].[Tb].[Tb].[Tb].[Tb].[Tb].[Tb].[Tb].[Tb].[Tb].[Tb].[Tb].[Tb].[Tb].[Tb].[Tb].[Tb].[Tb].[Tb].[Tb].[Tb].[Tb].[Tb].[Tb].[Tb].[Tb].[Tb].[Tb].[Tb].[Tb].[Tb].[Tb].[Tb].[Tb].[Tb].[Tb].[Tb].[Tb].[Tb].[Tb].[Tb].[Tb].[Tb].[Tb].[Tb].[Tb]. The van der Waals surface area contributed by atoms with Gasteiger partial charge in [-0.3, -0.25) is 0 Å². The van der Waals surface area contributed by atoms with Gasteiger partial charge in [0, 0.05) is 4900 Å². The Kier molecular flexibility index (Phi) is 6470. The Hall–Kier alpha value is 163. The van der Waals surface area contributed by atoms with Gasteiger partial charge in [0.15, 0.2) is 0 Å². The van der Waals surface area contributed by atoms with Crippen molar-refractivity contribution in [1.82, 2.24) is 0 Å². The van der Waals surface area contributed by atoms with Crippen molar-refractivity contribution in [3.8, 4) is 0 Å². The van der Waals surface area contributed by atoms with Crippen LogP contribution < -0.4 is 0 Å². The third-order valence-corrected chi connectivity index (χ3v) is 0. The average Bonchev–Trinajstić information content (AvgIpc) is 0. The summed E-state index contributed by atoms with van der Waals surface area (Å²) in [7, 11) is 0. The Balaban J connectivity index is 0. The van der Waals surface area contributed by atoms with E-state index in [-0.39, 0.29) is 4900 Å².